The molecule has 1 saturated heterocycles. The van der Waals surface area contributed by atoms with Gasteiger partial charge >= 0.3 is 0 Å². The first-order valence-electron chi connectivity index (χ1n) is 10.8. The summed E-state index contributed by atoms with van der Waals surface area (Å²) in [6, 6.07) is 14.6. The van der Waals surface area contributed by atoms with Gasteiger partial charge in [-0.25, -0.2) is 0 Å². The van der Waals surface area contributed by atoms with E-state index in [0.717, 1.165) is 12.8 Å². The molecule has 2 aromatic carbocycles. The van der Waals surface area contributed by atoms with Crippen LogP contribution in [0.5, 0.6) is 0 Å². The molecule has 0 aromatic heterocycles. The summed E-state index contributed by atoms with van der Waals surface area (Å²) in [5, 5.41) is 1.96. The maximum Gasteiger partial charge on any atom is 0.291 e. The number of hydrogen-bond acceptors (Lipinski definition) is 4. The number of rotatable bonds is 8. The van der Waals surface area contributed by atoms with E-state index in [2.05, 4.69) is 30.3 Å². The fraction of sp³-hybridized carbons (Fsp3) is 0.480. The molecule has 1 fully saturated rings. The van der Waals surface area contributed by atoms with Crippen molar-refractivity contribution < 1.29 is 14.4 Å². The second kappa shape index (κ2) is 8.84. The molecule has 0 spiro atoms. The van der Waals surface area contributed by atoms with E-state index in [1.165, 1.54) is 21.2 Å². The van der Waals surface area contributed by atoms with E-state index in [-0.39, 0.29) is 0 Å². The molecule has 4 nitrogen and oxygen atoms in total. The fourth-order valence-corrected chi connectivity index (χ4v) is 4.61. The van der Waals surface area contributed by atoms with Gasteiger partial charge in [-0.3, -0.25) is 9.59 Å². The van der Waals surface area contributed by atoms with Crippen molar-refractivity contribution in [2.45, 2.75) is 64.8 Å². The molecule has 0 radical (unpaired) electrons. The average molecular weight is 425 g/mol. The predicted octanol–water partition coefficient (Wildman–Crippen LogP) is 4.60. The smallest absolute Gasteiger partial charge is 0.291 e. The Kier molecular flexibility index (Phi) is 6.61. The molecule has 30 heavy (non-hydrogen) atoms. The Labute approximate surface area is 184 Å². The van der Waals surface area contributed by atoms with Crippen LogP contribution in [0.2, 0.25) is 0 Å². The molecule has 2 aromatic rings. The van der Waals surface area contributed by atoms with Gasteiger partial charge in [-0.2, -0.15) is 0 Å². The van der Waals surface area contributed by atoms with Crippen LogP contribution in [-0.4, -0.2) is 33.8 Å². The molecule has 1 aliphatic rings. The number of carbonyl (C=O) groups is 3. The number of nitrogens with zero attached hydrogens (tertiary/aromatic N) is 1. The van der Waals surface area contributed by atoms with Crippen molar-refractivity contribution in [1.82, 2.24) is 4.90 Å². The number of fused-ring (bicyclic) bond motifs is 1. The van der Waals surface area contributed by atoms with E-state index in [4.69, 9.17) is 12.6 Å². The zero-order valence-electron chi connectivity index (χ0n) is 18.1. The van der Waals surface area contributed by atoms with Crippen LogP contribution in [0.25, 0.3) is 10.8 Å². The fourth-order valence-electron chi connectivity index (χ4n) is 4.30. The maximum atomic E-state index is 13.0. The topological polar surface area (TPSA) is 54.5 Å². The Bertz CT molecular complexity index is 968. The van der Waals surface area contributed by atoms with Gasteiger partial charge in [0.05, 0.1) is 5.54 Å². The SMILES string of the molecule is CCC(C)(C)C(=O)C(=O)N1CCCC1(CCCc1ccc2ccccc2c1)C(=O)[S-]. The molecule has 5 heteroatoms. The Morgan fingerprint density at radius 1 is 1.10 bits per heavy atom. The maximum absolute atomic E-state index is 13.0. The molecular formula is C25H30NO3S-. The van der Waals surface area contributed by atoms with Crippen molar-refractivity contribution in [2.24, 2.45) is 5.41 Å². The summed E-state index contributed by atoms with van der Waals surface area (Å²) in [6.07, 6.45) is 3.83. The minimum Gasteiger partial charge on any atom is -0.740 e. The number of amides is 1. The molecular weight excluding hydrogens is 394 g/mol. The van der Waals surface area contributed by atoms with Crippen molar-refractivity contribution in [3.8, 4) is 0 Å². The van der Waals surface area contributed by atoms with Gasteiger partial charge in [-0.05, 0) is 54.9 Å². The summed E-state index contributed by atoms with van der Waals surface area (Å²) in [6.45, 7) is 5.87. The third-order valence-electron chi connectivity index (χ3n) is 6.68. The minimum absolute atomic E-state index is 0.419. The van der Waals surface area contributed by atoms with Gasteiger partial charge in [0.1, 0.15) is 0 Å². The van der Waals surface area contributed by atoms with Gasteiger partial charge in [0.2, 0.25) is 5.78 Å². The molecule has 0 aliphatic carbocycles. The first kappa shape index (κ1) is 22.4. The highest BCUT2D eigenvalue weighted by atomic mass is 32.1. The molecule has 0 saturated carbocycles. The lowest BCUT2D eigenvalue weighted by atomic mass is 9.83. The number of carbonyl (C=O) groups excluding carboxylic acids is 3. The van der Waals surface area contributed by atoms with Gasteiger partial charge in [0, 0.05) is 17.1 Å². The van der Waals surface area contributed by atoms with Crippen LogP contribution in [0.4, 0.5) is 0 Å². The lowest BCUT2D eigenvalue weighted by molar-refractivity contribution is -0.153. The number of Topliss-reactive ketones (excluding diaryl/α,β-unsaturated/α-hetero) is 1. The quantitative estimate of drug-likeness (QED) is 0.459. The lowest BCUT2D eigenvalue weighted by Gasteiger charge is -2.41. The van der Waals surface area contributed by atoms with Crippen LogP contribution >= 0.6 is 0 Å². The van der Waals surface area contributed by atoms with Crippen molar-refractivity contribution in [3.63, 3.8) is 0 Å². The molecule has 1 heterocycles. The Balaban J connectivity index is 1.75. The van der Waals surface area contributed by atoms with Gasteiger partial charge < -0.3 is 22.3 Å². The van der Waals surface area contributed by atoms with Gasteiger partial charge in [0.15, 0.2) is 0 Å². The van der Waals surface area contributed by atoms with E-state index >= 15 is 0 Å². The third-order valence-corrected chi connectivity index (χ3v) is 7.06. The summed E-state index contributed by atoms with van der Waals surface area (Å²) in [5.41, 5.74) is -0.566. The Morgan fingerprint density at radius 3 is 2.47 bits per heavy atom. The van der Waals surface area contributed by atoms with Crippen molar-refractivity contribution >= 4 is 40.2 Å². The van der Waals surface area contributed by atoms with Crippen molar-refractivity contribution in [3.05, 3.63) is 48.0 Å². The van der Waals surface area contributed by atoms with Crippen LogP contribution in [0.3, 0.4) is 0 Å². The van der Waals surface area contributed by atoms with Gasteiger partial charge in [-0.15, -0.1) is 0 Å². The van der Waals surface area contributed by atoms with E-state index < -0.39 is 27.8 Å². The Hall–Kier alpha value is -2.27. The first-order valence-corrected chi connectivity index (χ1v) is 11.2. The lowest BCUT2D eigenvalue weighted by Crippen LogP contribution is -2.56. The highest BCUT2D eigenvalue weighted by molar-refractivity contribution is 7.77. The van der Waals surface area contributed by atoms with Gasteiger partial charge in [0.25, 0.3) is 5.91 Å². The highest BCUT2D eigenvalue weighted by Gasteiger charge is 2.47. The first-order chi connectivity index (χ1) is 14.2. The standard InChI is InChI=1S/C25H31NO3S/c1-4-24(2,3)21(27)22(28)26-16-8-15-25(26,23(29)30)14-7-9-18-12-13-19-10-5-6-11-20(19)17-18/h5-6,10-13,17H,4,7-9,14-16H2,1-3H3,(H,29,30)/p-1. The van der Waals surface area contributed by atoms with Crippen LogP contribution in [0, 0.1) is 5.41 Å². The van der Waals surface area contributed by atoms with Gasteiger partial charge in [-0.1, -0.05) is 63.2 Å². The monoisotopic (exact) mass is 424 g/mol. The van der Waals surface area contributed by atoms with E-state index in [1.54, 1.807) is 13.8 Å². The number of benzene rings is 2. The third kappa shape index (κ3) is 4.27. The van der Waals surface area contributed by atoms with Crippen molar-refractivity contribution in [1.29, 1.82) is 0 Å². The molecule has 1 unspecified atom stereocenters. The van der Waals surface area contributed by atoms with E-state index in [0.29, 0.717) is 32.2 Å². The van der Waals surface area contributed by atoms with E-state index in [1.807, 2.05) is 19.1 Å². The summed E-state index contributed by atoms with van der Waals surface area (Å²) in [4.78, 5) is 39.8. The van der Waals surface area contributed by atoms with Crippen LogP contribution in [-0.2, 0) is 33.4 Å². The average Bonchev–Trinajstić information content (AvgIpc) is 3.17. The second-order valence-electron chi connectivity index (χ2n) is 8.98. The molecule has 1 amide bonds. The Morgan fingerprint density at radius 2 is 1.80 bits per heavy atom. The summed E-state index contributed by atoms with van der Waals surface area (Å²) >= 11 is 5.10. The molecule has 3 rings (SSSR count). The zero-order valence-corrected chi connectivity index (χ0v) is 18.9. The van der Waals surface area contributed by atoms with Crippen LogP contribution in [0.1, 0.15) is 58.4 Å². The highest BCUT2D eigenvalue weighted by Crippen LogP contribution is 2.36. The number of likely N-dealkylation sites (tertiary alicyclic amines) is 1. The molecule has 0 bridgehead atoms. The second-order valence-corrected chi connectivity index (χ2v) is 9.35. The van der Waals surface area contributed by atoms with Crippen LogP contribution < -0.4 is 0 Å². The summed E-state index contributed by atoms with van der Waals surface area (Å²) in [7, 11) is 0. The molecule has 1 atom stereocenters. The summed E-state index contributed by atoms with van der Waals surface area (Å²) in [5.74, 6) is -0.981. The number of hydrogen-bond donors (Lipinski definition) is 0. The van der Waals surface area contributed by atoms with E-state index in [9.17, 15) is 14.4 Å². The molecule has 160 valence electrons. The zero-order chi connectivity index (χ0) is 21.9. The normalized spacial score (nSPS) is 19.2. The minimum atomic E-state index is -1.03. The molecule has 0 N–H and O–H groups in total. The summed E-state index contributed by atoms with van der Waals surface area (Å²) < 4.78 is 0. The van der Waals surface area contributed by atoms with Crippen LogP contribution in [0.15, 0.2) is 42.5 Å². The largest absolute Gasteiger partial charge is 0.740 e. The van der Waals surface area contributed by atoms with Crippen molar-refractivity contribution in [2.75, 3.05) is 6.54 Å². The number of aryl methyl sites for hydroxylation is 1. The number of ketones is 1. The molecule has 1 aliphatic heterocycles. The predicted molar refractivity (Wildman–Crippen MR) is 122 cm³/mol.